The first-order chi connectivity index (χ1) is 21.0. The van der Waals surface area contributed by atoms with E-state index in [9.17, 15) is 14.7 Å². The zero-order valence-electron chi connectivity index (χ0n) is 23.0. The molecule has 0 spiro atoms. The lowest BCUT2D eigenvalue weighted by Crippen LogP contribution is -2.44. The number of pyridine rings is 1. The molecule has 0 aliphatic rings. The van der Waals surface area contributed by atoms with Crippen LogP contribution in [0.5, 0.6) is 5.75 Å². The third kappa shape index (κ3) is 6.60. The summed E-state index contributed by atoms with van der Waals surface area (Å²) in [6.45, 7) is 0. The molecule has 0 aliphatic heterocycles. The van der Waals surface area contributed by atoms with Gasteiger partial charge in [0.15, 0.2) is 0 Å². The first-order valence-electron chi connectivity index (χ1n) is 13.8. The smallest absolute Gasteiger partial charge is 0.248 e. The average molecular weight is 589 g/mol. The van der Waals surface area contributed by atoms with Gasteiger partial charge in [-0.25, -0.2) is 0 Å². The molecule has 1 atom stereocenters. The van der Waals surface area contributed by atoms with Crippen molar-refractivity contribution in [3.63, 3.8) is 0 Å². The summed E-state index contributed by atoms with van der Waals surface area (Å²) in [5, 5.41) is 25.8. The van der Waals surface area contributed by atoms with Crippen LogP contribution >= 0.6 is 11.3 Å². The van der Waals surface area contributed by atoms with Crippen LogP contribution < -0.4 is 10.6 Å². The van der Waals surface area contributed by atoms with E-state index >= 15 is 0 Å². The van der Waals surface area contributed by atoms with Gasteiger partial charge in [0, 0.05) is 22.7 Å². The number of nitrogens with one attached hydrogen (secondary N) is 3. The van der Waals surface area contributed by atoms with E-state index in [0.717, 1.165) is 33.3 Å². The fourth-order valence-electron chi connectivity index (χ4n) is 4.99. The van der Waals surface area contributed by atoms with E-state index in [1.807, 2.05) is 84.9 Å². The fraction of sp³-hybridized carbons (Fsp3) is 0.121. The van der Waals surface area contributed by atoms with E-state index < -0.39 is 6.04 Å². The van der Waals surface area contributed by atoms with Gasteiger partial charge in [-0.2, -0.15) is 0 Å². The highest BCUT2D eigenvalue weighted by atomic mass is 32.1. The molecule has 4 N–H and O–H groups in total. The SMILES string of the molecule is O=C(Cc1ccc(-c2cccc(-c3cc4ccncc4[nH]3)c2O)cc1)NC(CCc1ccccc1)C(=O)Nc1nncs1. The fourth-order valence-corrected chi connectivity index (χ4v) is 5.44. The molecule has 2 amide bonds. The predicted molar refractivity (Wildman–Crippen MR) is 168 cm³/mol. The number of anilines is 1. The van der Waals surface area contributed by atoms with Crippen molar-refractivity contribution in [3.05, 3.63) is 114 Å². The number of nitrogens with zero attached hydrogens (tertiary/aromatic N) is 3. The highest BCUT2D eigenvalue weighted by Crippen LogP contribution is 2.38. The second-order valence-electron chi connectivity index (χ2n) is 10.1. The minimum atomic E-state index is -0.740. The van der Waals surface area contributed by atoms with E-state index in [2.05, 4.69) is 30.8 Å². The number of hydrogen-bond acceptors (Lipinski definition) is 7. The molecule has 0 bridgehead atoms. The number of fused-ring (bicyclic) bond motifs is 1. The van der Waals surface area contributed by atoms with Crippen molar-refractivity contribution in [1.82, 2.24) is 25.5 Å². The minimum Gasteiger partial charge on any atom is -0.507 e. The van der Waals surface area contributed by atoms with E-state index in [0.29, 0.717) is 29.1 Å². The van der Waals surface area contributed by atoms with Gasteiger partial charge in [0.1, 0.15) is 17.3 Å². The van der Waals surface area contributed by atoms with Crippen molar-refractivity contribution in [2.75, 3.05) is 5.32 Å². The van der Waals surface area contributed by atoms with Crippen LogP contribution in [0.3, 0.4) is 0 Å². The number of carbonyl (C=O) groups is 2. The number of hydrogen-bond donors (Lipinski definition) is 4. The van der Waals surface area contributed by atoms with Crippen LogP contribution in [0, 0.1) is 0 Å². The van der Waals surface area contributed by atoms with Crippen molar-refractivity contribution < 1.29 is 14.7 Å². The second kappa shape index (κ2) is 12.7. The van der Waals surface area contributed by atoms with Crippen LogP contribution in [0.25, 0.3) is 33.3 Å². The maximum absolute atomic E-state index is 13.1. The number of phenolic OH excluding ortho intramolecular Hbond substituents is 1. The molecular weight excluding hydrogens is 560 g/mol. The minimum absolute atomic E-state index is 0.101. The van der Waals surface area contributed by atoms with Gasteiger partial charge in [0.05, 0.1) is 23.8 Å². The largest absolute Gasteiger partial charge is 0.507 e. The first kappa shape index (κ1) is 27.8. The molecule has 6 aromatic rings. The standard InChI is InChI=1S/C33H28N6O3S/c40-30(37-27(14-11-21-5-2-1-3-6-21)32(42)38-33-39-35-20-43-33)17-22-9-12-23(13-10-22)25-7-4-8-26(31(25)41)28-18-24-15-16-34-19-29(24)36-28/h1-10,12-13,15-16,18-20,27,36,41H,11,14,17H2,(H,37,40)(H,38,39,42). The van der Waals surface area contributed by atoms with Gasteiger partial charge >= 0.3 is 0 Å². The van der Waals surface area contributed by atoms with Crippen LogP contribution in [0.4, 0.5) is 5.13 Å². The van der Waals surface area contributed by atoms with Gasteiger partial charge in [0.2, 0.25) is 16.9 Å². The Kier molecular flexibility index (Phi) is 8.19. The summed E-state index contributed by atoms with van der Waals surface area (Å²) >= 11 is 1.22. The number of aryl methyl sites for hydroxylation is 1. The van der Waals surface area contributed by atoms with E-state index in [4.69, 9.17) is 0 Å². The molecule has 0 fully saturated rings. The monoisotopic (exact) mass is 588 g/mol. The third-order valence-electron chi connectivity index (χ3n) is 7.19. The maximum atomic E-state index is 13.1. The molecular formula is C33H28N6O3S. The Morgan fingerprint density at radius 3 is 2.51 bits per heavy atom. The van der Waals surface area contributed by atoms with Crippen molar-refractivity contribution in [3.8, 4) is 28.1 Å². The van der Waals surface area contributed by atoms with Gasteiger partial charge in [-0.15, -0.1) is 10.2 Å². The summed E-state index contributed by atoms with van der Waals surface area (Å²) in [6.07, 6.45) is 4.65. The lowest BCUT2D eigenvalue weighted by molar-refractivity contribution is -0.126. The molecule has 43 heavy (non-hydrogen) atoms. The van der Waals surface area contributed by atoms with Gasteiger partial charge in [-0.05, 0) is 47.7 Å². The Morgan fingerprint density at radius 1 is 0.930 bits per heavy atom. The maximum Gasteiger partial charge on any atom is 0.248 e. The first-order valence-corrected chi connectivity index (χ1v) is 14.7. The number of rotatable bonds is 10. The quantitative estimate of drug-likeness (QED) is 0.161. The number of aromatic nitrogens is 4. The van der Waals surface area contributed by atoms with Crippen LogP contribution in [-0.4, -0.2) is 43.1 Å². The second-order valence-corrected chi connectivity index (χ2v) is 10.9. The van der Waals surface area contributed by atoms with E-state index in [1.54, 1.807) is 12.4 Å². The number of phenols is 1. The number of carbonyl (C=O) groups excluding carboxylic acids is 2. The zero-order valence-corrected chi connectivity index (χ0v) is 23.8. The van der Waals surface area contributed by atoms with Crippen molar-refractivity contribution in [2.24, 2.45) is 0 Å². The Labute approximate surface area is 251 Å². The van der Waals surface area contributed by atoms with Crippen LogP contribution in [0.2, 0.25) is 0 Å². The summed E-state index contributed by atoms with van der Waals surface area (Å²) in [5.74, 6) is -0.440. The molecule has 0 saturated carbocycles. The van der Waals surface area contributed by atoms with Crippen LogP contribution in [0.1, 0.15) is 17.5 Å². The summed E-state index contributed by atoms with van der Waals surface area (Å²) in [4.78, 5) is 33.5. The summed E-state index contributed by atoms with van der Waals surface area (Å²) in [7, 11) is 0. The lowest BCUT2D eigenvalue weighted by atomic mass is 9.98. The molecule has 0 saturated heterocycles. The molecule has 10 heteroatoms. The van der Waals surface area contributed by atoms with Crippen molar-refractivity contribution in [2.45, 2.75) is 25.3 Å². The molecule has 214 valence electrons. The third-order valence-corrected chi connectivity index (χ3v) is 7.79. The van der Waals surface area contributed by atoms with Crippen LogP contribution in [0.15, 0.2) is 103 Å². The molecule has 3 heterocycles. The highest BCUT2D eigenvalue weighted by Gasteiger charge is 2.22. The molecule has 3 aromatic carbocycles. The Hall–Kier alpha value is -5.35. The van der Waals surface area contributed by atoms with Crippen LogP contribution in [-0.2, 0) is 22.4 Å². The van der Waals surface area contributed by atoms with Gasteiger partial charge in [-0.1, -0.05) is 78.1 Å². The van der Waals surface area contributed by atoms with Crippen molar-refractivity contribution in [1.29, 1.82) is 0 Å². The van der Waals surface area contributed by atoms with Crippen molar-refractivity contribution >= 4 is 39.2 Å². The van der Waals surface area contributed by atoms with Gasteiger partial charge in [0.25, 0.3) is 0 Å². The number of H-pyrrole nitrogens is 1. The zero-order chi connectivity index (χ0) is 29.6. The summed E-state index contributed by atoms with van der Waals surface area (Å²) in [6, 6.07) is 26.1. The molecule has 1 unspecified atom stereocenters. The number of benzene rings is 3. The lowest BCUT2D eigenvalue weighted by Gasteiger charge is -2.18. The predicted octanol–water partition coefficient (Wildman–Crippen LogP) is 5.75. The molecule has 9 nitrogen and oxygen atoms in total. The Bertz CT molecular complexity index is 1820. The van der Waals surface area contributed by atoms with E-state index in [-0.39, 0.29) is 24.0 Å². The molecule has 0 aliphatic carbocycles. The van der Waals surface area contributed by atoms with E-state index in [1.165, 1.54) is 16.8 Å². The summed E-state index contributed by atoms with van der Waals surface area (Å²) in [5.41, 5.74) is 7.27. The average Bonchev–Trinajstić information content (AvgIpc) is 3.70. The van der Waals surface area contributed by atoms with Gasteiger partial charge < -0.3 is 15.4 Å². The number of aromatic hydroxyl groups is 1. The highest BCUT2D eigenvalue weighted by molar-refractivity contribution is 7.13. The Balaban J connectivity index is 1.14. The topological polar surface area (TPSA) is 133 Å². The van der Waals surface area contributed by atoms with Gasteiger partial charge in [-0.3, -0.25) is 19.9 Å². The molecule has 0 radical (unpaired) electrons. The Morgan fingerprint density at radius 2 is 1.74 bits per heavy atom. The molecule has 3 aromatic heterocycles. The number of para-hydroxylation sites is 1. The number of amides is 2. The number of aromatic amines is 1. The summed E-state index contributed by atoms with van der Waals surface area (Å²) < 4.78 is 0. The normalized spacial score (nSPS) is 11.7. The molecule has 6 rings (SSSR count).